The number of rotatable bonds is 2. The van der Waals surface area contributed by atoms with Crippen molar-refractivity contribution in [1.29, 1.82) is 0 Å². The van der Waals surface area contributed by atoms with Crippen LogP contribution >= 0.6 is 38.9 Å². The predicted molar refractivity (Wildman–Crippen MR) is 79.0 cm³/mol. The lowest BCUT2D eigenvalue weighted by Crippen LogP contribution is -2.10. The third-order valence-corrected chi connectivity index (χ3v) is 5.28. The third-order valence-electron chi connectivity index (χ3n) is 2.72. The first-order chi connectivity index (χ1) is 7.99. The zero-order valence-corrected chi connectivity index (χ0v) is 12.8. The molecule has 1 aromatic carbocycles. The summed E-state index contributed by atoms with van der Waals surface area (Å²) in [7, 11) is 0. The second-order valence-electron chi connectivity index (χ2n) is 4.09. The van der Waals surface area contributed by atoms with Gasteiger partial charge in [0.25, 0.3) is 0 Å². The monoisotopic (exact) mass is 329 g/mol. The topological polar surface area (TPSA) is 26.0 Å². The molecule has 0 aliphatic heterocycles. The Morgan fingerprint density at radius 3 is 2.29 bits per heavy atom. The van der Waals surface area contributed by atoms with Crippen LogP contribution in [0.5, 0.6) is 0 Å². The minimum absolute atomic E-state index is 0.0991. The third kappa shape index (κ3) is 2.74. The van der Waals surface area contributed by atoms with Crippen LogP contribution in [0.3, 0.4) is 0 Å². The molecule has 1 aromatic heterocycles. The Morgan fingerprint density at radius 1 is 1.24 bits per heavy atom. The molecule has 0 aliphatic rings. The van der Waals surface area contributed by atoms with Crippen molar-refractivity contribution in [2.45, 2.75) is 19.9 Å². The zero-order valence-electron chi connectivity index (χ0n) is 9.63. The molecule has 0 spiro atoms. The van der Waals surface area contributed by atoms with Gasteiger partial charge in [0.05, 0.1) is 10.4 Å². The fraction of sp³-hybridized carbons (Fsp3) is 0.231. The van der Waals surface area contributed by atoms with E-state index < -0.39 is 0 Å². The molecule has 0 fully saturated rings. The number of halogens is 2. The molecule has 1 unspecified atom stereocenters. The van der Waals surface area contributed by atoms with Crippen LogP contribution in [0.1, 0.15) is 27.6 Å². The van der Waals surface area contributed by atoms with Gasteiger partial charge in [0.1, 0.15) is 0 Å². The first-order valence-electron chi connectivity index (χ1n) is 5.26. The molecular weight excluding hydrogens is 318 g/mol. The molecule has 4 heteroatoms. The van der Waals surface area contributed by atoms with Crippen LogP contribution in [0, 0.1) is 13.8 Å². The van der Waals surface area contributed by atoms with Gasteiger partial charge in [0, 0.05) is 9.35 Å². The summed E-state index contributed by atoms with van der Waals surface area (Å²) in [4.78, 5) is 1.09. The first kappa shape index (κ1) is 13.1. The Bertz CT molecular complexity index is 527. The maximum absolute atomic E-state index is 6.25. The van der Waals surface area contributed by atoms with Gasteiger partial charge in [-0.1, -0.05) is 39.7 Å². The van der Waals surface area contributed by atoms with Crippen LogP contribution < -0.4 is 5.73 Å². The number of hydrogen-bond donors (Lipinski definition) is 1. The van der Waals surface area contributed by atoms with Crippen LogP contribution in [0.15, 0.2) is 28.7 Å². The van der Waals surface area contributed by atoms with Crippen molar-refractivity contribution in [3.63, 3.8) is 0 Å². The molecule has 17 heavy (non-hydrogen) atoms. The van der Waals surface area contributed by atoms with Crippen molar-refractivity contribution in [3.8, 4) is 0 Å². The van der Waals surface area contributed by atoms with Crippen molar-refractivity contribution >= 4 is 38.9 Å². The van der Waals surface area contributed by atoms with Gasteiger partial charge in [0.15, 0.2) is 0 Å². The zero-order chi connectivity index (χ0) is 12.6. The van der Waals surface area contributed by atoms with E-state index in [0.29, 0.717) is 0 Å². The average Bonchev–Trinajstić information content (AvgIpc) is 2.71. The highest BCUT2D eigenvalue weighted by Gasteiger charge is 2.13. The number of hydrogen-bond acceptors (Lipinski definition) is 2. The van der Waals surface area contributed by atoms with Crippen LogP contribution in [-0.2, 0) is 0 Å². The second kappa shape index (κ2) is 5.11. The maximum Gasteiger partial charge on any atom is 0.0931 e. The smallest absolute Gasteiger partial charge is 0.0931 e. The quantitative estimate of drug-likeness (QED) is 0.838. The van der Waals surface area contributed by atoms with Gasteiger partial charge in [-0.05, 0) is 42.7 Å². The fourth-order valence-corrected chi connectivity index (χ4v) is 3.14. The molecule has 0 saturated carbocycles. The normalized spacial score (nSPS) is 12.8. The summed E-state index contributed by atoms with van der Waals surface area (Å²) in [6.07, 6.45) is 0. The van der Waals surface area contributed by atoms with Gasteiger partial charge >= 0.3 is 0 Å². The standard InChI is InChI=1S/C13H13BrClNS/c1-7-5-9(6-8(2)12(7)14)13(16)10-3-4-11(15)17-10/h3-6,13H,16H2,1-2H3. The van der Waals surface area contributed by atoms with Crippen molar-refractivity contribution < 1.29 is 0 Å². The summed E-state index contributed by atoms with van der Waals surface area (Å²) in [5.74, 6) is 0. The van der Waals surface area contributed by atoms with Gasteiger partial charge in [-0.2, -0.15) is 0 Å². The Kier molecular flexibility index (Phi) is 3.93. The van der Waals surface area contributed by atoms with E-state index >= 15 is 0 Å². The van der Waals surface area contributed by atoms with E-state index in [2.05, 4.69) is 41.9 Å². The molecule has 2 aromatic rings. The second-order valence-corrected chi connectivity index (χ2v) is 6.63. The molecule has 0 aliphatic carbocycles. The van der Waals surface area contributed by atoms with E-state index in [9.17, 15) is 0 Å². The van der Waals surface area contributed by atoms with Crippen LogP contribution in [0.2, 0.25) is 4.34 Å². The summed E-state index contributed by atoms with van der Waals surface area (Å²) in [5, 5.41) is 0. The number of thiophene rings is 1. The van der Waals surface area contributed by atoms with E-state index in [1.807, 2.05) is 12.1 Å². The number of nitrogens with two attached hydrogens (primary N) is 1. The number of aryl methyl sites for hydroxylation is 2. The molecule has 1 atom stereocenters. The van der Waals surface area contributed by atoms with Gasteiger partial charge in [-0.3, -0.25) is 0 Å². The van der Waals surface area contributed by atoms with Gasteiger partial charge in [-0.25, -0.2) is 0 Å². The SMILES string of the molecule is Cc1cc(C(N)c2ccc(Cl)s2)cc(C)c1Br. The molecule has 1 heterocycles. The van der Waals surface area contributed by atoms with Crippen molar-refractivity contribution in [2.24, 2.45) is 5.73 Å². The van der Waals surface area contributed by atoms with Crippen LogP contribution in [0.4, 0.5) is 0 Å². The largest absolute Gasteiger partial charge is 0.320 e. The minimum Gasteiger partial charge on any atom is -0.320 e. The lowest BCUT2D eigenvalue weighted by molar-refractivity contribution is 0.888. The first-order valence-corrected chi connectivity index (χ1v) is 7.25. The maximum atomic E-state index is 6.25. The predicted octanol–water partition coefficient (Wildman–Crippen LogP) is 4.83. The molecular formula is C13H13BrClNS. The fourth-order valence-electron chi connectivity index (χ4n) is 1.82. The van der Waals surface area contributed by atoms with Crippen molar-refractivity contribution in [1.82, 2.24) is 0 Å². The summed E-state index contributed by atoms with van der Waals surface area (Å²) in [6, 6.07) is 8.02. The molecule has 2 N–H and O–H groups in total. The van der Waals surface area contributed by atoms with E-state index in [4.69, 9.17) is 17.3 Å². The van der Waals surface area contributed by atoms with Crippen molar-refractivity contribution in [3.05, 3.63) is 54.6 Å². The highest BCUT2D eigenvalue weighted by molar-refractivity contribution is 9.10. The van der Waals surface area contributed by atoms with Crippen LogP contribution in [0.25, 0.3) is 0 Å². The van der Waals surface area contributed by atoms with E-state index in [-0.39, 0.29) is 6.04 Å². The molecule has 1 nitrogen and oxygen atoms in total. The number of benzene rings is 1. The lowest BCUT2D eigenvalue weighted by atomic mass is 10.0. The minimum atomic E-state index is -0.0991. The molecule has 0 amide bonds. The highest BCUT2D eigenvalue weighted by atomic mass is 79.9. The average molecular weight is 331 g/mol. The van der Waals surface area contributed by atoms with E-state index in [1.165, 1.54) is 22.5 Å². The summed E-state index contributed by atoms with van der Waals surface area (Å²) >= 11 is 11.0. The summed E-state index contributed by atoms with van der Waals surface area (Å²) in [5.41, 5.74) is 9.79. The molecule has 2 rings (SSSR count). The Balaban J connectivity index is 2.41. The van der Waals surface area contributed by atoms with Gasteiger partial charge in [0.2, 0.25) is 0 Å². The van der Waals surface area contributed by atoms with E-state index in [1.54, 1.807) is 0 Å². The Hall–Kier alpha value is -0.350. The molecule has 0 radical (unpaired) electrons. The van der Waals surface area contributed by atoms with Gasteiger partial charge < -0.3 is 5.73 Å². The summed E-state index contributed by atoms with van der Waals surface area (Å²) in [6.45, 7) is 4.16. The van der Waals surface area contributed by atoms with E-state index in [0.717, 1.165) is 19.2 Å². The van der Waals surface area contributed by atoms with Gasteiger partial charge in [-0.15, -0.1) is 11.3 Å². The molecule has 90 valence electrons. The molecule has 0 saturated heterocycles. The molecule has 0 bridgehead atoms. The van der Waals surface area contributed by atoms with Crippen LogP contribution in [-0.4, -0.2) is 0 Å². The highest BCUT2D eigenvalue weighted by Crippen LogP contribution is 2.32. The summed E-state index contributed by atoms with van der Waals surface area (Å²) < 4.78 is 1.93. The lowest BCUT2D eigenvalue weighted by Gasteiger charge is -2.13. The Morgan fingerprint density at radius 2 is 1.82 bits per heavy atom. The Labute approximate surface area is 119 Å². The van der Waals surface area contributed by atoms with Crippen molar-refractivity contribution in [2.75, 3.05) is 0 Å².